The first kappa shape index (κ1) is 18.3. The third kappa shape index (κ3) is 3.72. The molecular formula is C20H18N2O5. The van der Waals surface area contributed by atoms with Crippen LogP contribution in [-0.2, 0) is 9.53 Å². The maximum atomic E-state index is 12.5. The van der Waals surface area contributed by atoms with Gasteiger partial charge in [0.2, 0.25) is 0 Å². The van der Waals surface area contributed by atoms with Gasteiger partial charge in [-0.3, -0.25) is 14.4 Å². The predicted molar refractivity (Wildman–Crippen MR) is 97.6 cm³/mol. The largest absolute Gasteiger partial charge is 0.452 e. The van der Waals surface area contributed by atoms with Crippen LogP contribution in [0, 0.1) is 0 Å². The summed E-state index contributed by atoms with van der Waals surface area (Å²) >= 11 is 0. The first-order valence-corrected chi connectivity index (χ1v) is 8.43. The SMILES string of the molecule is CC(C)NC(=O)COC(=O)c1ccc(N2C(=O)c3ccccc3C2=O)cc1. The summed E-state index contributed by atoms with van der Waals surface area (Å²) in [7, 11) is 0. The van der Waals surface area contributed by atoms with Gasteiger partial charge in [-0.15, -0.1) is 0 Å². The molecule has 0 saturated carbocycles. The van der Waals surface area contributed by atoms with E-state index in [-0.39, 0.29) is 24.1 Å². The fourth-order valence-electron chi connectivity index (χ4n) is 2.75. The average molecular weight is 366 g/mol. The van der Waals surface area contributed by atoms with Crippen molar-refractivity contribution in [1.82, 2.24) is 5.32 Å². The first-order valence-electron chi connectivity index (χ1n) is 8.43. The Bertz CT molecular complexity index is 883. The van der Waals surface area contributed by atoms with Crippen molar-refractivity contribution in [1.29, 1.82) is 0 Å². The molecule has 138 valence electrons. The van der Waals surface area contributed by atoms with Gasteiger partial charge in [0.25, 0.3) is 17.7 Å². The Hall–Kier alpha value is -3.48. The molecule has 0 spiro atoms. The minimum Gasteiger partial charge on any atom is -0.452 e. The van der Waals surface area contributed by atoms with E-state index >= 15 is 0 Å². The molecule has 1 N–H and O–H groups in total. The Balaban J connectivity index is 1.69. The number of rotatable bonds is 5. The lowest BCUT2D eigenvalue weighted by molar-refractivity contribution is -0.124. The number of benzene rings is 2. The maximum Gasteiger partial charge on any atom is 0.338 e. The number of nitrogens with zero attached hydrogens (tertiary/aromatic N) is 1. The number of hydrogen-bond acceptors (Lipinski definition) is 5. The van der Waals surface area contributed by atoms with E-state index in [1.165, 1.54) is 24.3 Å². The molecule has 0 saturated heterocycles. The van der Waals surface area contributed by atoms with Gasteiger partial charge in [-0.05, 0) is 50.2 Å². The summed E-state index contributed by atoms with van der Waals surface area (Å²) < 4.78 is 4.95. The standard InChI is InChI=1S/C20H18N2O5/c1-12(2)21-17(23)11-27-20(26)13-7-9-14(10-8-13)22-18(24)15-5-3-4-6-16(15)19(22)25/h3-10,12H,11H2,1-2H3,(H,21,23). The van der Waals surface area contributed by atoms with Gasteiger partial charge in [0.15, 0.2) is 6.61 Å². The van der Waals surface area contributed by atoms with E-state index in [1.807, 2.05) is 0 Å². The summed E-state index contributed by atoms with van der Waals surface area (Å²) in [6, 6.07) is 12.4. The van der Waals surface area contributed by atoms with E-state index in [4.69, 9.17) is 4.74 Å². The summed E-state index contributed by atoms with van der Waals surface area (Å²) in [5.41, 5.74) is 1.27. The summed E-state index contributed by atoms with van der Waals surface area (Å²) in [6.07, 6.45) is 0. The molecule has 3 amide bonds. The number of nitrogens with one attached hydrogen (secondary N) is 1. The van der Waals surface area contributed by atoms with Crippen molar-refractivity contribution in [2.45, 2.75) is 19.9 Å². The molecule has 0 radical (unpaired) electrons. The van der Waals surface area contributed by atoms with Gasteiger partial charge in [-0.1, -0.05) is 12.1 Å². The molecule has 1 heterocycles. The highest BCUT2D eigenvalue weighted by Crippen LogP contribution is 2.28. The van der Waals surface area contributed by atoms with Gasteiger partial charge in [0.05, 0.1) is 22.4 Å². The molecule has 1 aliphatic heterocycles. The van der Waals surface area contributed by atoms with E-state index in [9.17, 15) is 19.2 Å². The number of imide groups is 1. The van der Waals surface area contributed by atoms with Crippen LogP contribution in [0.5, 0.6) is 0 Å². The van der Waals surface area contributed by atoms with E-state index in [2.05, 4.69) is 5.32 Å². The molecule has 0 fully saturated rings. The number of amides is 3. The second-order valence-electron chi connectivity index (χ2n) is 6.34. The third-order valence-electron chi connectivity index (χ3n) is 3.94. The molecule has 27 heavy (non-hydrogen) atoms. The monoisotopic (exact) mass is 366 g/mol. The van der Waals surface area contributed by atoms with E-state index in [1.54, 1.807) is 38.1 Å². The molecule has 3 rings (SSSR count). The molecule has 0 atom stereocenters. The van der Waals surface area contributed by atoms with Crippen molar-refractivity contribution in [3.8, 4) is 0 Å². The summed E-state index contributed by atoms with van der Waals surface area (Å²) in [5.74, 6) is -1.86. The first-order chi connectivity index (χ1) is 12.9. The van der Waals surface area contributed by atoms with Gasteiger partial charge in [0, 0.05) is 6.04 Å². The Labute approximate surface area is 155 Å². The average Bonchev–Trinajstić information content (AvgIpc) is 2.90. The molecule has 7 nitrogen and oxygen atoms in total. The van der Waals surface area contributed by atoms with Crippen LogP contribution in [0.15, 0.2) is 48.5 Å². The normalized spacial score (nSPS) is 12.9. The van der Waals surface area contributed by atoms with Crippen LogP contribution in [0.4, 0.5) is 5.69 Å². The van der Waals surface area contributed by atoms with Gasteiger partial charge in [-0.25, -0.2) is 9.69 Å². The third-order valence-corrected chi connectivity index (χ3v) is 3.94. The number of carbonyl (C=O) groups is 4. The molecule has 0 aromatic heterocycles. The van der Waals surface area contributed by atoms with Crippen LogP contribution in [0.3, 0.4) is 0 Å². The van der Waals surface area contributed by atoms with Crippen molar-refractivity contribution in [2.24, 2.45) is 0 Å². The quantitative estimate of drug-likeness (QED) is 0.647. The van der Waals surface area contributed by atoms with Gasteiger partial charge in [-0.2, -0.15) is 0 Å². The van der Waals surface area contributed by atoms with Crippen LogP contribution >= 0.6 is 0 Å². The van der Waals surface area contributed by atoms with Crippen LogP contribution in [-0.4, -0.2) is 36.3 Å². The highest BCUT2D eigenvalue weighted by atomic mass is 16.5. The Morgan fingerprint density at radius 1 is 0.963 bits per heavy atom. The van der Waals surface area contributed by atoms with Crippen molar-refractivity contribution < 1.29 is 23.9 Å². The van der Waals surface area contributed by atoms with Gasteiger partial charge in [0.1, 0.15) is 0 Å². The number of hydrogen-bond donors (Lipinski definition) is 1. The predicted octanol–water partition coefficient (Wildman–Crippen LogP) is 2.17. The molecule has 0 bridgehead atoms. The van der Waals surface area contributed by atoms with E-state index in [0.29, 0.717) is 16.8 Å². The Kier molecular flexibility index (Phi) is 5.03. The van der Waals surface area contributed by atoms with E-state index in [0.717, 1.165) is 4.90 Å². The Morgan fingerprint density at radius 2 is 1.52 bits per heavy atom. The van der Waals surface area contributed by atoms with Gasteiger partial charge < -0.3 is 10.1 Å². The fraction of sp³-hybridized carbons (Fsp3) is 0.200. The zero-order chi connectivity index (χ0) is 19.6. The molecule has 0 aliphatic carbocycles. The highest BCUT2D eigenvalue weighted by Gasteiger charge is 2.36. The lowest BCUT2D eigenvalue weighted by Crippen LogP contribution is -2.34. The number of ether oxygens (including phenoxy) is 1. The second kappa shape index (κ2) is 7.41. The molecular weight excluding hydrogens is 348 g/mol. The Morgan fingerprint density at radius 3 is 2.04 bits per heavy atom. The van der Waals surface area contributed by atoms with Crippen molar-refractivity contribution in [3.05, 3.63) is 65.2 Å². The number of anilines is 1. The molecule has 1 aliphatic rings. The maximum absolute atomic E-state index is 12.5. The molecule has 2 aromatic rings. The summed E-state index contributed by atoms with van der Waals surface area (Å²) in [4.78, 5) is 49.5. The summed E-state index contributed by atoms with van der Waals surface area (Å²) in [5, 5.41) is 2.62. The lowest BCUT2D eigenvalue weighted by Gasteiger charge is -2.14. The fourth-order valence-corrected chi connectivity index (χ4v) is 2.75. The molecule has 7 heteroatoms. The number of carbonyl (C=O) groups excluding carboxylic acids is 4. The minimum atomic E-state index is -0.664. The summed E-state index contributed by atoms with van der Waals surface area (Å²) in [6.45, 7) is 3.23. The number of esters is 1. The highest BCUT2D eigenvalue weighted by molar-refractivity contribution is 6.34. The number of fused-ring (bicyclic) bond motifs is 1. The van der Waals surface area contributed by atoms with Crippen LogP contribution in [0.25, 0.3) is 0 Å². The van der Waals surface area contributed by atoms with Crippen molar-refractivity contribution in [2.75, 3.05) is 11.5 Å². The van der Waals surface area contributed by atoms with E-state index < -0.39 is 17.8 Å². The second-order valence-corrected chi connectivity index (χ2v) is 6.34. The molecule has 0 unspecified atom stereocenters. The van der Waals surface area contributed by atoms with Gasteiger partial charge >= 0.3 is 5.97 Å². The van der Waals surface area contributed by atoms with Crippen molar-refractivity contribution >= 4 is 29.4 Å². The zero-order valence-electron chi connectivity index (χ0n) is 14.9. The lowest BCUT2D eigenvalue weighted by atomic mass is 10.1. The zero-order valence-corrected chi connectivity index (χ0v) is 14.9. The van der Waals surface area contributed by atoms with Crippen LogP contribution < -0.4 is 10.2 Å². The minimum absolute atomic E-state index is 0.0462. The van der Waals surface area contributed by atoms with Crippen LogP contribution in [0.1, 0.15) is 44.9 Å². The molecule has 2 aromatic carbocycles. The van der Waals surface area contributed by atoms with Crippen LogP contribution in [0.2, 0.25) is 0 Å². The topological polar surface area (TPSA) is 92.8 Å². The van der Waals surface area contributed by atoms with Crippen molar-refractivity contribution in [3.63, 3.8) is 0 Å². The smallest absolute Gasteiger partial charge is 0.338 e.